The first-order chi connectivity index (χ1) is 11.5. The molecule has 0 radical (unpaired) electrons. The van der Waals surface area contributed by atoms with Crippen molar-refractivity contribution >= 4 is 0 Å². The Morgan fingerprint density at radius 2 is 1.38 bits per heavy atom. The van der Waals surface area contributed by atoms with Gasteiger partial charge in [0.15, 0.2) is 0 Å². The summed E-state index contributed by atoms with van der Waals surface area (Å²) in [5.74, 6) is 1.14. The van der Waals surface area contributed by atoms with Crippen molar-refractivity contribution in [2.45, 2.75) is 45.6 Å². The van der Waals surface area contributed by atoms with Crippen molar-refractivity contribution in [3.63, 3.8) is 0 Å². The summed E-state index contributed by atoms with van der Waals surface area (Å²) in [6.45, 7) is 7.06. The average molecular weight is 320 g/mol. The Morgan fingerprint density at radius 3 is 1.79 bits per heavy atom. The van der Waals surface area contributed by atoms with Crippen molar-refractivity contribution < 1.29 is 5.11 Å². The zero-order chi connectivity index (χ0) is 16.9. The molecule has 1 heteroatoms. The van der Waals surface area contributed by atoms with Crippen molar-refractivity contribution in [1.82, 2.24) is 0 Å². The van der Waals surface area contributed by atoms with Gasteiger partial charge in [-0.1, -0.05) is 81.4 Å². The molecule has 2 bridgehead atoms. The minimum absolute atomic E-state index is 0.0319. The Morgan fingerprint density at radius 1 is 0.875 bits per heavy atom. The van der Waals surface area contributed by atoms with E-state index in [0.717, 1.165) is 6.42 Å². The second kappa shape index (κ2) is 5.46. The summed E-state index contributed by atoms with van der Waals surface area (Å²) in [4.78, 5) is 0. The largest absolute Gasteiger partial charge is 0.392 e. The van der Waals surface area contributed by atoms with Gasteiger partial charge in [-0.05, 0) is 46.6 Å². The van der Waals surface area contributed by atoms with Crippen molar-refractivity contribution in [3.8, 4) is 0 Å². The lowest BCUT2D eigenvalue weighted by Gasteiger charge is -2.39. The van der Waals surface area contributed by atoms with E-state index in [0.29, 0.717) is 11.8 Å². The standard InChI is InChI=1S/C23H28O/c1-22(2)18-14-15-23(22,3)21(24)20(18)19(16-10-6-4-7-11-16)17-12-8-5-9-13-17/h4-13,18-21,24H,14-15H2,1-3H3/t18-,20+,21-,23-/m0/s1. The first-order valence-electron chi connectivity index (χ1n) is 9.25. The molecular formula is C23H28O. The van der Waals surface area contributed by atoms with Crippen LogP contribution in [0.15, 0.2) is 60.7 Å². The lowest BCUT2D eigenvalue weighted by atomic mass is 9.69. The molecule has 24 heavy (non-hydrogen) atoms. The van der Waals surface area contributed by atoms with Gasteiger partial charge in [0.05, 0.1) is 6.10 Å². The van der Waals surface area contributed by atoms with Crippen LogP contribution in [-0.4, -0.2) is 11.2 Å². The molecule has 4 rings (SSSR count). The summed E-state index contributed by atoms with van der Waals surface area (Å²) >= 11 is 0. The fraction of sp³-hybridized carbons (Fsp3) is 0.478. The lowest BCUT2D eigenvalue weighted by molar-refractivity contribution is -0.0139. The van der Waals surface area contributed by atoms with Crippen molar-refractivity contribution in [2.24, 2.45) is 22.7 Å². The van der Waals surface area contributed by atoms with Gasteiger partial charge < -0.3 is 5.11 Å². The van der Waals surface area contributed by atoms with Gasteiger partial charge in [-0.15, -0.1) is 0 Å². The van der Waals surface area contributed by atoms with E-state index in [1.54, 1.807) is 0 Å². The first-order valence-corrected chi connectivity index (χ1v) is 9.25. The maximum Gasteiger partial charge on any atom is 0.0639 e. The number of rotatable bonds is 3. The molecule has 2 aromatic carbocycles. The van der Waals surface area contributed by atoms with Crippen LogP contribution >= 0.6 is 0 Å². The molecule has 2 saturated carbocycles. The quantitative estimate of drug-likeness (QED) is 0.818. The molecule has 0 spiro atoms. The zero-order valence-electron chi connectivity index (χ0n) is 14.9. The van der Waals surface area contributed by atoms with E-state index >= 15 is 0 Å². The van der Waals surface area contributed by atoms with Gasteiger partial charge in [0, 0.05) is 5.92 Å². The summed E-state index contributed by atoms with van der Waals surface area (Å²) in [5.41, 5.74) is 2.89. The summed E-state index contributed by atoms with van der Waals surface area (Å²) < 4.78 is 0. The molecule has 2 aliphatic rings. The number of aliphatic hydroxyl groups excluding tert-OH is 1. The highest BCUT2D eigenvalue weighted by molar-refractivity contribution is 5.36. The topological polar surface area (TPSA) is 20.2 Å². The van der Waals surface area contributed by atoms with Crippen LogP contribution in [0.25, 0.3) is 0 Å². The lowest BCUT2D eigenvalue weighted by Crippen LogP contribution is -2.39. The van der Waals surface area contributed by atoms with Gasteiger partial charge >= 0.3 is 0 Å². The number of benzene rings is 2. The predicted molar refractivity (Wildman–Crippen MR) is 98.8 cm³/mol. The molecule has 0 unspecified atom stereocenters. The van der Waals surface area contributed by atoms with Crippen LogP contribution < -0.4 is 0 Å². The highest BCUT2D eigenvalue weighted by Gasteiger charge is 2.67. The van der Waals surface area contributed by atoms with E-state index in [1.807, 2.05) is 0 Å². The van der Waals surface area contributed by atoms with Crippen LogP contribution in [0.4, 0.5) is 0 Å². The van der Waals surface area contributed by atoms with E-state index in [1.165, 1.54) is 17.5 Å². The molecule has 0 saturated heterocycles. The minimum atomic E-state index is -0.239. The maximum atomic E-state index is 11.4. The van der Waals surface area contributed by atoms with Crippen LogP contribution in [0.2, 0.25) is 0 Å². The summed E-state index contributed by atoms with van der Waals surface area (Å²) in [6, 6.07) is 21.6. The van der Waals surface area contributed by atoms with Crippen LogP contribution in [-0.2, 0) is 0 Å². The van der Waals surface area contributed by atoms with Gasteiger partial charge in [0.25, 0.3) is 0 Å². The zero-order valence-corrected chi connectivity index (χ0v) is 14.9. The molecule has 2 aliphatic carbocycles. The van der Waals surface area contributed by atoms with E-state index in [9.17, 15) is 5.11 Å². The second-order valence-corrected chi connectivity index (χ2v) is 8.61. The first kappa shape index (κ1) is 15.9. The minimum Gasteiger partial charge on any atom is -0.392 e. The van der Waals surface area contributed by atoms with Crippen LogP contribution in [0.5, 0.6) is 0 Å². The van der Waals surface area contributed by atoms with E-state index in [2.05, 4.69) is 81.4 Å². The normalized spacial score (nSPS) is 34.0. The Bertz CT molecular complexity index is 666. The highest BCUT2D eigenvalue weighted by atomic mass is 16.3. The Balaban J connectivity index is 1.84. The molecule has 0 aliphatic heterocycles. The molecule has 1 N–H and O–H groups in total. The monoisotopic (exact) mass is 320 g/mol. The Labute approximate surface area is 145 Å². The molecule has 0 amide bonds. The molecule has 2 fully saturated rings. The number of aliphatic hydroxyl groups is 1. The van der Waals surface area contributed by atoms with Crippen LogP contribution in [0, 0.1) is 22.7 Å². The van der Waals surface area contributed by atoms with Gasteiger partial charge in [0.1, 0.15) is 0 Å². The van der Waals surface area contributed by atoms with Gasteiger partial charge in [0.2, 0.25) is 0 Å². The molecule has 2 aromatic rings. The third-order valence-electron chi connectivity index (χ3n) is 7.56. The fourth-order valence-electron chi connectivity index (χ4n) is 5.78. The Hall–Kier alpha value is -1.60. The third-order valence-corrected chi connectivity index (χ3v) is 7.56. The average Bonchev–Trinajstić information content (AvgIpc) is 2.91. The van der Waals surface area contributed by atoms with Crippen molar-refractivity contribution in [1.29, 1.82) is 0 Å². The smallest absolute Gasteiger partial charge is 0.0639 e. The van der Waals surface area contributed by atoms with Gasteiger partial charge in [-0.2, -0.15) is 0 Å². The molecular weight excluding hydrogens is 292 g/mol. The second-order valence-electron chi connectivity index (χ2n) is 8.61. The molecule has 1 nitrogen and oxygen atoms in total. The third kappa shape index (κ3) is 2.04. The number of fused-ring (bicyclic) bond motifs is 2. The van der Waals surface area contributed by atoms with E-state index in [4.69, 9.17) is 0 Å². The highest BCUT2D eigenvalue weighted by Crippen LogP contribution is 2.70. The summed E-state index contributed by atoms with van der Waals surface area (Å²) in [7, 11) is 0. The van der Waals surface area contributed by atoms with Gasteiger partial charge in [-0.3, -0.25) is 0 Å². The fourth-order valence-corrected chi connectivity index (χ4v) is 5.78. The van der Waals surface area contributed by atoms with Crippen LogP contribution in [0.1, 0.15) is 50.7 Å². The summed E-state index contributed by atoms with van der Waals surface area (Å²) in [5, 5.41) is 11.4. The Kier molecular flexibility index (Phi) is 3.61. The SMILES string of the molecule is CC1(C)[C@H]2CC[C@@]1(C)[C@@H](O)[C@H]2C(c1ccccc1)c1ccccc1. The van der Waals surface area contributed by atoms with E-state index < -0.39 is 0 Å². The predicted octanol–water partition coefficient (Wildman–Crippen LogP) is 5.25. The maximum absolute atomic E-state index is 11.4. The molecule has 4 atom stereocenters. The van der Waals surface area contributed by atoms with E-state index in [-0.39, 0.29) is 22.9 Å². The number of hydrogen-bond donors (Lipinski definition) is 1. The summed E-state index contributed by atoms with van der Waals surface area (Å²) in [6.07, 6.45) is 2.15. The molecule has 126 valence electrons. The van der Waals surface area contributed by atoms with Crippen molar-refractivity contribution in [2.75, 3.05) is 0 Å². The van der Waals surface area contributed by atoms with Crippen LogP contribution in [0.3, 0.4) is 0 Å². The van der Waals surface area contributed by atoms with Gasteiger partial charge in [-0.25, -0.2) is 0 Å². The number of hydrogen-bond acceptors (Lipinski definition) is 1. The van der Waals surface area contributed by atoms with Crippen molar-refractivity contribution in [3.05, 3.63) is 71.8 Å². The molecule has 0 heterocycles. The molecule has 0 aromatic heterocycles.